The van der Waals surface area contributed by atoms with Crippen molar-refractivity contribution < 1.29 is 14.2 Å². The first-order valence-electron chi connectivity index (χ1n) is 10.1. The molecule has 0 amide bonds. The van der Waals surface area contributed by atoms with E-state index in [1.54, 1.807) is 13.2 Å². The zero-order valence-corrected chi connectivity index (χ0v) is 17.2. The molecule has 2 aromatic heterocycles. The van der Waals surface area contributed by atoms with E-state index in [1.807, 2.05) is 42.6 Å². The average Bonchev–Trinajstić information content (AvgIpc) is 3.28. The zero-order chi connectivity index (χ0) is 21.0. The van der Waals surface area contributed by atoms with Gasteiger partial charge in [0.15, 0.2) is 0 Å². The molecule has 0 saturated carbocycles. The van der Waals surface area contributed by atoms with E-state index in [1.165, 1.54) is 6.33 Å². The first-order valence-corrected chi connectivity index (χ1v) is 10.1. The lowest BCUT2D eigenvalue weighted by atomic mass is 10.2. The number of fused-ring (bicyclic) bond motifs is 1. The molecule has 3 heterocycles. The zero-order valence-electron chi connectivity index (χ0n) is 17.2. The lowest BCUT2D eigenvalue weighted by Crippen LogP contribution is -2.36. The number of morpholine rings is 1. The SMILES string of the molecule is COc1ccc(Nc2cc(Oc3ccc4[nH]ccc4c3)ncn2)cc1N1CCOCC1. The van der Waals surface area contributed by atoms with Crippen LogP contribution in [0.2, 0.25) is 0 Å². The van der Waals surface area contributed by atoms with E-state index in [-0.39, 0.29) is 0 Å². The Bertz CT molecular complexity index is 1190. The van der Waals surface area contributed by atoms with Crippen LogP contribution >= 0.6 is 0 Å². The second-order valence-electron chi connectivity index (χ2n) is 7.18. The summed E-state index contributed by atoms with van der Waals surface area (Å²) in [5.41, 5.74) is 3.00. The minimum atomic E-state index is 0.467. The quantitative estimate of drug-likeness (QED) is 0.483. The summed E-state index contributed by atoms with van der Waals surface area (Å²) in [5, 5.41) is 4.42. The highest BCUT2D eigenvalue weighted by molar-refractivity contribution is 5.80. The maximum atomic E-state index is 5.94. The molecule has 0 atom stereocenters. The predicted octanol–water partition coefficient (Wildman–Crippen LogP) is 4.34. The maximum absolute atomic E-state index is 5.94. The van der Waals surface area contributed by atoms with Crippen molar-refractivity contribution >= 4 is 28.1 Å². The van der Waals surface area contributed by atoms with Gasteiger partial charge in [-0.25, -0.2) is 9.97 Å². The number of aromatic amines is 1. The molecule has 8 heteroatoms. The van der Waals surface area contributed by atoms with Crippen LogP contribution < -0.4 is 19.7 Å². The molecule has 0 radical (unpaired) electrons. The molecule has 158 valence electrons. The van der Waals surface area contributed by atoms with E-state index in [9.17, 15) is 0 Å². The Kier molecular flexibility index (Phi) is 5.28. The molecule has 5 rings (SSSR count). The van der Waals surface area contributed by atoms with Crippen LogP contribution in [0.5, 0.6) is 17.4 Å². The van der Waals surface area contributed by atoms with Gasteiger partial charge in [0.2, 0.25) is 5.88 Å². The molecule has 0 aliphatic carbocycles. The highest BCUT2D eigenvalue weighted by Crippen LogP contribution is 2.33. The van der Waals surface area contributed by atoms with Crippen LogP contribution in [-0.2, 0) is 4.74 Å². The van der Waals surface area contributed by atoms with Crippen LogP contribution in [0.25, 0.3) is 10.9 Å². The third kappa shape index (κ3) is 4.24. The van der Waals surface area contributed by atoms with E-state index >= 15 is 0 Å². The number of methoxy groups -OCH3 is 1. The summed E-state index contributed by atoms with van der Waals surface area (Å²) >= 11 is 0. The number of H-pyrrole nitrogens is 1. The number of benzene rings is 2. The number of rotatable bonds is 6. The number of nitrogens with one attached hydrogen (secondary N) is 2. The summed E-state index contributed by atoms with van der Waals surface area (Å²) in [7, 11) is 1.69. The van der Waals surface area contributed by atoms with Gasteiger partial charge in [0, 0.05) is 41.9 Å². The number of nitrogens with zero attached hydrogens (tertiary/aromatic N) is 3. The molecule has 1 saturated heterocycles. The second kappa shape index (κ2) is 8.53. The number of aromatic nitrogens is 3. The first-order chi connectivity index (χ1) is 15.3. The summed E-state index contributed by atoms with van der Waals surface area (Å²) in [6.45, 7) is 3.08. The number of anilines is 3. The predicted molar refractivity (Wildman–Crippen MR) is 120 cm³/mol. The van der Waals surface area contributed by atoms with Crippen molar-refractivity contribution in [2.24, 2.45) is 0 Å². The standard InChI is InChI=1S/C23H23N5O3/c1-29-21-5-2-17(13-20(21)28-8-10-30-11-9-28)27-22-14-23(26-15-25-22)31-18-3-4-19-16(12-18)6-7-24-19/h2-7,12-15,24H,8-11H2,1H3,(H,25,26,27). The number of ether oxygens (including phenoxy) is 3. The molecule has 1 aliphatic heterocycles. The molecular formula is C23H23N5O3. The number of hydrogen-bond acceptors (Lipinski definition) is 7. The van der Waals surface area contributed by atoms with Crippen LogP contribution in [-0.4, -0.2) is 48.4 Å². The van der Waals surface area contributed by atoms with Gasteiger partial charge in [-0.3, -0.25) is 0 Å². The topological polar surface area (TPSA) is 84.5 Å². The Labute approximate surface area is 179 Å². The van der Waals surface area contributed by atoms with Crippen molar-refractivity contribution in [3.05, 3.63) is 61.1 Å². The van der Waals surface area contributed by atoms with E-state index in [2.05, 4.69) is 31.2 Å². The fourth-order valence-corrected chi connectivity index (χ4v) is 3.65. The largest absolute Gasteiger partial charge is 0.495 e. The van der Waals surface area contributed by atoms with Gasteiger partial charge >= 0.3 is 0 Å². The van der Waals surface area contributed by atoms with Gasteiger partial charge in [-0.15, -0.1) is 0 Å². The van der Waals surface area contributed by atoms with Gasteiger partial charge in [0.25, 0.3) is 0 Å². The molecule has 1 fully saturated rings. The summed E-state index contributed by atoms with van der Waals surface area (Å²) < 4.78 is 17.0. The van der Waals surface area contributed by atoms with Crippen molar-refractivity contribution in [3.8, 4) is 17.4 Å². The first kappa shape index (κ1) is 19.2. The fourth-order valence-electron chi connectivity index (χ4n) is 3.65. The Morgan fingerprint density at radius 2 is 1.94 bits per heavy atom. The third-order valence-electron chi connectivity index (χ3n) is 5.19. The van der Waals surface area contributed by atoms with Crippen molar-refractivity contribution in [2.45, 2.75) is 0 Å². The van der Waals surface area contributed by atoms with Gasteiger partial charge < -0.3 is 29.4 Å². The van der Waals surface area contributed by atoms with E-state index < -0.39 is 0 Å². The van der Waals surface area contributed by atoms with Crippen molar-refractivity contribution in [3.63, 3.8) is 0 Å². The highest BCUT2D eigenvalue weighted by atomic mass is 16.5. The summed E-state index contributed by atoms with van der Waals surface area (Å²) in [4.78, 5) is 14.0. The average molecular weight is 417 g/mol. The van der Waals surface area contributed by atoms with Crippen molar-refractivity contribution in [2.75, 3.05) is 43.6 Å². The normalized spacial score (nSPS) is 13.9. The van der Waals surface area contributed by atoms with E-state index in [0.717, 1.165) is 46.9 Å². The lowest BCUT2D eigenvalue weighted by Gasteiger charge is -2.30. The molecule has 2 N–H and O–H groups in total. The molecule has 31 heavy (non-hydrogen) atoms. The van der Waals surface area contributed by atoms with Gasteiger partial charge in [-0.05, 0) is 42.5 Å². The van der Waals surface area contributed by atoms with Crippen LogP contribution in [0.15, 0.2) is 61.1 Å². The van der Waals surface area contributed by atoms with Gasteiger partial charge in [0.05, 0.1) is 26.0 Å². The molecule has 8 nitrogen and oxygen atoms in total. The van der Waals surface area contributed by atoms with E-state index in [4.69, 9.17) is 14.2 Å². The van der Waals surface area contributed by atoms with Crippen molar-refractivity contribution in [1.82, 2.24) is 15.0 Å². The third-order valence-corrected chi connectivity index (χ3v) is 5.19. The molecule has 0 spiro atoms. The molecule has 0 unspecified atom stereocenters. The molecule has 1 aliphatic rings. The maximum Gasteiger partial charge on any atom is 0.224 e. The second-order valence-corrected chi connectivity index (χ2v) is 7.18. The van der Waals surface area contributed by atoms with E-state index in [0.29, 0.717) is 24.9 Å². The number of hydrogen-bond donors (Lipinski definition) is 2. The minimum Gasteiger partial charge on any atom is -0.495 e. The fraction of sp³-hybridized carbons (Fsp3) is 0.217. The minimum absolute atomic E-state index is 0.467. The van der Waals surface area contributed by atoms with Crippen LogP contribution in [0.1, 0.15) is 0 Å². The Balaban J connectivity index is 1.35. The summed E-state index contributed by atoms with van der Waals surface area (Å²) in [5.74, 6) is 2.66. The molecule has 4 aromatic rings. The van der Waals surface area contributed by atoms with Crippen LogP contribution in [0.4, 0.5) is 17.2 Å². The van der Waals surface area contributed by atoms with Crippen molar-refractivity contribution in [1.29, 1.82) is 0 Å². The molecule has 0 bridgehead atoms. The Morgan fingerprint density at radius 1 is 1.03 bits per heavy atom. The van der Waals surface area contributed by atoms with Crippen LogP contribution in [0, 0.1) is 0 Å². The van der Waals surface area contributed by atoms with Gasteiger partial charge in [-0.1, -0.05) is 0 Å². The monoisotopic (exact) mass is 417 g/mol. The van der Waals surface area contributed by atoms with Gasteiger partial charge in [0.1, 0.15) is 23.6 Å². The van der Waals surface area contributed by atoms with Crippen LogP contribution in [0.3, 0.4) is 0 Å². The summed E-state index contributed by atoms with van der Waals surface area (Å²) in [6, 6.07) is 15.6. The smallest absolute Gasteiger partial charge is 0.224 e. The van der Waals surface area contributed by atoms with Gasteiger partial charge in [-0.2, -0.15) is 0 Å². The Hall–Kier alpha value is -3.78. The molecular weight excluding hydrogens is 394 g/mol. The highest BCUT2D eigenvalue weighted by Gasteiger charge is 2.16. The lowest BCUT2D eigenvalue weighted by molar-refractivity contribution is 0.122. The molecule has 2 aromatic carbocycles. The Morgan fingerprint density at radius 3 is 2.81 bits per heavy atom. The summed E-state index contributed by atoms with van der Waals surface area (Å²) in [6.07, 6.45) is 3.39.